The summed E-state index contributed by atoms with van der Waals surface area (Å²) < 4.78 is 11.6. The van der Waals surface area contributed by atoms with E-state index in [0.717, 1.165) is 53.3 Å². The Morgan fingerprint density at radius 3 is 2.35 bits per heavy atom. The Kier molecular flexibility index (Phi) is 8.89. The molecule has 2 heterocycles. The molecule has 0 saturated heterocycles. The number of benzene rings is 2. The third kappa shape index (κ3) is 6.94. The van der Waals surface area contributed by atoms with Crippen LogP contribution < -0.4 is 21.6 Å². The number of amides is 3. The van der Waals surface area contributed by atoms with Gasteiger partial charge in [0.25, 0.3) is 0 Å². The average Bonchev–Trinajstić information content (AvgIpc) is 3.35. The summed E-state index contributed by atoms with van der Waals surface area (Å²) in [7, 11) is 0. The highest BCUT2D eigenvalue weighted by atomic mass is 16.4. The standard InChI is InChI=1S/C32H33N3O8/c1-18-20(32(41)43-26-15-27-23(14-22(18)26)21-9-5-6-10-25(21)42-27)11-12-28(36)33-16-29(37)34-17-30(38)35-24(31(39)40)13-19-7-3-2-4-8-19/h2-4,7-8,14-15,24H,5-6,9-13,16-17H2,1H3,(H,33,36)(H,34,37)(H,35,38)(H,39,40). The summed E-state index contributed by atoms with van der Waals surface area (Å²) in [5.41, 5.74) is 3.70. The molecule has 5 rings (SSSR count). The van der Waals surface area contributed by atoms with E-state index in [4.69, 9.17) is 8.83 Å². The normalized spacial score (nSPS) is 13.3. The second-order valence-electron chi connectivity index (χ2n) is 10.8. The van der Waals surface area contributed by atoms with Crippen molar-refractivity contribution in [2.45, 2.75) is 57.9 Å². The fourth-order valence-electron chi connectivity index (χ4n) is 5.48. The van der Waals surface area contributed by atoms with Crippen molar-refractivity contribution < 1.29 is 33.1 Å². The van der Waals surface area contributed by atoms with Crippen LogP contribution in [-0.4, -0.2) is 47.9 Å². The average molecular weight is 588 g/mol. The minimum absolute atomic E-state index is 0.0476. The Labute approximate surface area is 246 Å². The van der Waals surface area contributed by atoms with Crippen molar-refractivity contribution in [2.24, 2.45) is 0 Å². The van der Waals surface area contributed by atoms with Crippen LogP contribution in [0.2, 0.25) is 0 Å². The highest BCUT2D eigenvalue weighted by Crippen LogP contribution is 2.35. The predicted molar refractivity (Wildman–Crippen MR) is 158 cm³/mol. The van der Waals surface area contributed by atoms with E-state index in [1.165, 1.54) is 5.56 Å². The molecule has 224 valence electrons. The van der Waals surface area contributed by atoms with E-state index in [9.17, 15) is 29.1 Å². The van der Waals surface area contributed by atoms with Crippen molar-refractivity contribution in [3.8, 4) is 0 Å². The van der Waals surface area contributed by atoms with E-state index in [1.54, 1.807) is 36.4 Å². The third-order valence-corrected chi connectivity index (χ3v) is 7.77. The van der Waals surface area contributed by atoms with Gasteiger partial charge < -0.3 is 29.9 Å². The Hall–Kier alpha value is -4.93. The largest absolute Gasteiger partial charge is 0.480 e. The van der Waals surface area contributed by atoms with Crippen LogP contribution in [-0.2, 0) is 44.9 Å². The number of hydrogen-bond donors (Lipinski definition) is 4. The van der Waals surface area contributed by atoms with Crippen molar-refractivity contribution in [3.63, 3.8) is 0 Å². The molecule has 43 heavy (non-hydrogen) atoms. The van der Waals surface area contributed by atoms with Crippen LogP contribution in [0.1, 0.15) is 47.3 Å². The molecule has 0 spiro atoms. The first-order valence-electron chi connectivity index (χ1n) is 14.3. The van der Waals surface area contributed by atoms with Crippen molar-refractivity contribution >= 4 is 45.6 Å². The Morgan fingerprint density at radius 2 is 1.58 bits per heavy atom. The summed E-state index contributed by atoms with van der Waals surface area (Å²) in [5, 5.41) is 18.5. The highest BCUT2D eigenvalue weighted by molar-refractivity contribution is 5.97. The molecule has 3 amide bonds. The summed E-state index contributed by atoms with van der Waals surface area (Å²) >= 11 is 0. The molecule has 11 heteroatoms. The maximum atomic E-state index is 12.8. The molecule has 0 bridgehead atoms. The van der Waals surface area contributed by atoms with E-state index < -0.39 is 41.9 Å². The molecule has 0 fully saturated rings. The number of carboxylic acid groups (broad SMARTS) is 1. The molecule has 1 aliphatic rings. The van der Waals surface area contributed by atoms with Crippen LogP contribution >= 0.6 is 0 Å². The number of carboxylic acids is 1. The van der Waals surface area contributed by atoms with Crippen LogP contribution in [0.5, 0.6) is 0 Å². The molecule has 1 atom stereocenters. The van der Waals surface area contributed by atoms with Crippen LogP contribution in [0.25, 0.3) is 21.9 Å². The maximum Gasteiger partial charge on any atom is 0.339 e. The SMILES string of the molecule is Cc1c(CCC(=O)NCC(=O)NCC(=O)NC(Cc2ccccc2)C(=O)O)c(=O)oc2cc3oc4c(c3cc12)CCCC4. The number of carbonyl (C=O) groups is 4. The van der Waals surface area contributed by atoms with Crippen molar-refractivity contribution in [1.29, 1.82) is 0 Å². The first-order valence-corrected chi connectivity index (χ1v) is 14.3. The number of rotatable bonds is 11. The molecule has 0 aliphatic heterocycles. The number of aliphatic carboxylic acids is 1. The molecule has 1 unspecified atom stereocenters. The molecule has 4 N–H and O–H groups in total. The van der Waals surface area contributed by atoms with Gasteiger partial charge >= 0.3 is 11.6 Å². The summed E-state index contributed by atoms with van der Waals surface area (Å²) in [4.78, 5) is 61.2. The lowest BCUT2D eigenvalue weighted by atomic mass is 9.94. The van der Waals surface area contributed by atoms with E-state index in [-0.39, 0.29) is 25.8 Å². The Balaban J connectivity index is 1.12. The summed E-state index contributed by atoms with van der Waals surface area (Å²) in [5.74, 6) is -1.94. The molecule has 11 nitrogen and oxygen atoms in total. The zero-order chi connectivity index (χ0) is 30.5. The van der Waals surface area contributed by atoms with E-state index >= 15 is 0 Å². The Morgan fingerprint density at radius 1 is 0.884 bits per heavy atom. The second kappa shape index (κ2) is 12.9. The van der Waals surface area contributed by atoms with Gasteiger partial charge in [-0.1, -0.05) is 30.3 Å². The van der Waals surface area contributed by atoms with Crippen molar-refractivity contribution in [3.05, 3.63) is 80.9 Å². The predicted octanol–water partition coefficient (Wildman–Crippen LogP) is 2.70. The number of nitrogens with one attached hydrogen (secondary N) is 3. The molecule has 0 saturated carbocycles. The molecule has 1 aliphatic carbocycles. The lowest BCUT2D eigenvalue weighted by molar-refractivity contribution is -0.141. The highest BCUT2D eigenvalue weighted by Gasteiger charge is 2.22. The number of hydrogen-bond acceptors (Lipinski definition) is 7. The number of furan rings is 1. The van der Waals surface area contributed by atoms with E-state index in [2.05, 4.69) is 16.0 Å². The lowest BCUT2D eigenvalue weighted by Gasteiger charge is -2.15. The third-order valence-electron chi connectivity index (χ3n) is 7.77. The van der Waals surface area contributed by atoms with Gasteiger partial charge in [0.05, 0.1) is 13.1 Å². The molecule has 0 radical (unpaired) electrons. The summed E-state index contributed by atoms with van der Waals surface area (Å²) in [6.45, 7) is 1.00. The zero-order valence-corrected chi connectivity index (χ0v) is 23.8. The monoisotopic (exact) mass is 587 g/mol. The van der Waals surface area contributed by atoms with Gasteiger partial charge in [-0.2, -0.15) is 0 Å². The van der Waals surface area contributed by atoms with Gasteiger partial charge in [-0.3, -0.25) is 14.4 Å². The van der Waals surface area contributed by atoms with Gasteiger partial charge in [0, 0.05) is 47.2 Å². The quantitative estimate of drug-likeness (QED) is 0.194. The van der Waals surface area contributed by atoms with Gasteiger partial charge in [0.1, 0.15) is 23.0 Å². The summed E-state index contributed by atoms with van der Waals surface area (Å²) in [6.07, 6.45) is 4.21. The topological polar surface area (TPSA) is 168 Å². The van der Waals surface area contributed by atoms with Crippen LogP contribution in [0.15, 0.2) is 56.1 Å². The second-order valence-corrected chi connectivity index (χ2v) is 10.8. The molecule has 4 aromatic rings. The Bertz CT molecular complexity index is 1760. The number of fused-ring (bicyclic) bond motifs is 4. The minimum Gasteiger partial charge on any atom is -0.480 e. The van der Waals surface area contributed by atoms with Crippen LogP contribution in [0.3, 0.4) is 0 Å². The van der Waals surface area contributed by atoms with Crippen LogP contribution in [0, 0.1) is 6.92 Å². The molecule has 2 aromatic carbocycles. The first-order chi connectivity index (χ1) is 20.7. The molecular formula is C32H33N3O8. The summed E-state index contributed by atoms with van der Waals surface area (Å²) in [6, 6.07) is 11.5. The van der Waals surface area contributed by atoms with Gasteiger partial charge in [0.15, 0.2) is 0 Å². The van der Waals surface area contributed by atoms with Gasteiger partial charge in [-0.25, -0.2) is 9.59 Å². The molecule has 2 aromatic heterocycles. The molecular weight excluding hydrogens is 554 g/mol. The fraction of sp³-hybridized carbons (Fsp3) is 0.344. The lowest BCUT2D eigenvalue weighted by Crippen LogP contribution is -2.47. The maximum absolute atomic E-state index is 12.8. The van der Waals surface area contributed by atoms with E-state index in [0.29, 0.717) is 16.7 Å². The number of aryl methyl sites for hydroxylation is 3. The van der Waals surface area contributed by atoms with Crippen molar-refractivity contribution in [2.75, 3.05) is 13.1 Å². The minimum atomic E-state index is -1.19. The van der Waals surface area contributed by atoms with Crippen LogP contribution in [0.4, 0.5) is 0 Å². The first kappa shape index (κ1) is 29.6. The smallest absolute Gasteiger partial charge is 0.339 e. The fourth-order valence-corrected chi connectivity index (χ4v) is 5.48. The van der Waals surface area contributed by atoms with E-state index in [1.807, 2.05) is 13.0 Å². The zero-order valence-electron chi connectivity index (χ0n) is 23.8. The number of carbonyl (C=O) groups excluding carboxylic acids is 3. The van der Waals surface area contributed by atoms with Crippen molar-refractivity contribution in [1.82, 2.24) is 16.0 Å². The van der Waals surface area contributed by atoms with Gasteiger partial charge in [-0.15, -0.1) is 0 Å². The van der Waals surface area contributed by atoms with Gasteiger partial charge in [-0.05, 0) is 49.8 Å². The van der Waals surface area contributed by atoms with Gasteiger partial charge in [0.2, 0.25) is 17.7 Å².